The molecule has 0 radical (unpaired) electrons. The van der Waals surface area contributed by atoms with Crippen LogP contribution in [-0.4, -0.2) is 26.8 Å². The first-order valence-corrected chi connectivity index (χ1v) is 11.7. The van der Waals surface area contributed by atoms with Crippen molar-refractivity contribution in [3.63, 3.8) is 0 Å². The Morgan fingerprint density at radius 3 is 2.47 bits per heavy atom. The third kappa shape index (κ3) is 3.72. The average molecular weight is 470 g/mol. The van der Waals surface area contributed by atoms with Gasteiger partial charge < -0.3 is 19.5 Å². The van der Waals surface area contributed by atoms with Crippen molar-refractivity contribution in [2.75, 3.05) is 12.0 Å². The van der Waals surface area contributed by atoms with E-state index in [1.165, 1.54) is 5.56 Å². The SMILES string of the molecule is COc1ccccc1N1C(=S)NC(c2ccccn2)C1c1cc(C)n(-c2cc(C)ccn2)c1C. The molecular formula is C27H27N5OS. The second kappa shape index (κ2) is 8.91. The highest BCUT2D eigenvalue weighted by molar-refractivity contribution is 7.80. The molecule has 1 saturated heterocycles. The molecule has 0 amide bonds. The predicted molar refractivity (Wildman–Crippen MR) is 139 cm³/mol. The zero-order valence-corrected chi connectivity index (χ0v) is 20.5. The number of para-hydroxylation sites is 2. The third-order valence-electron chi connectivity index (χ3n) is 6.36. The molecule has 3 aromatic heterocycles. The summed E-state index contributed by atoms with van der Waals surface area (Å²) in [5.41, 5.74) is 6.42. The van der Waals surface area contributed by atoms with Gasteiger partial charge >= 0.3 is 0 Å². The molecule has 6 nitrogen and oxygen atoms in total. The largest absolute Gasteiger partial charge is 0.495 e. The number of thiocarbonyl (C=S) groups is 1. The minimum absolute atomic E-state index is 0.122. The molecule has 2 atom stereocenters. The molecule has 5 rings (SSSR count). The van der Waals surface area contributed by atoms with Crippen LogP contribution in [0.25, 0.3) is 5.82 Å². The van der Waals surface area contributed by atoms with Crippen molar-refractivity contribution in [2.45, 2.75) is 32.9 Å². The van der Waals surface area contributed by atoms with E-state index >= 15 is 0 Å². The number of ether oxygens (including phenoxy) is 1. The fraction of sp³-hybridized carbons (Fsp3) is 0.222. The van der Waals surface area contributed by atoms with Gasteiger partial charge in [0, 0.05) is 23.8 Å². The predicted octanol–water partition coefficient (Wildman–Crippen LogP) is 5.38. The van der Waals surface area contributed by atoms with Crippen LogP contribution in [0.15, 0.2) is 73.1 Å². The van der Waals surface area contributed by atoms with E-state index in [4.69, 9.17) is 17.0 Å². The number of anilines is 1. The number of aryl methyl sites for hydroxylation is 2. The molecule has 1 fully saturated rings. The van der Waals surface area contributed by atoms with Gasteiger partial charge in [-0.3, -0.25) is 4.98 Å². The molecular weight excluding hydrogens is 442 g/mol. The molecule has 2 unspecified atom stereocenters. The number of hydrogen-bond donors (Lipinski definition) is 1. The van der Waals surface area contributed by atoms with Crippen molar-refractivity contribution in [3.8, 4) is 11.6 Å². The minimum atomic E-state index is -0.127. The molecule has 0 aliphatic carbocycles. The molecule has 0 saturated carbocycles. The van der Waals surface area contributed by atoms with Crippen LogP contribution in [0, 0.1) is 20.8 Å². The molecule has 0 spiro atoms. The number of pyridine rings is 2. The highest BCUT2D eigenvalue weighted by Crippen LogP contribution is 2.45. The van der Waals surface area contributed by atoms with Crippen LogP contribution in [0.2, 0.25) is 0 Å². The van der Waals surface area contributed by atoms with Crippen LogP contribution < -0.4 is 15.0 Å². The smallest absolute Gasteiger partial charge is 0.174 e. The van der Waals surface area contributed by atoms with Gasteiger partial charge in [0.15, 0.2) is 5.11 Å². The molecule has 1 aliphatic heterocycles. The summed E-state index contributed by atoms with van der Waals surface area (Å²) < 4.78 is 7.92. The Balaban J connectivity index is 1.71. The van der Waals surface area contributed by atoms with Gasteiger partial charge in [-0.05, 0) is 86.6 Å². The zero-order valence-electron chi connectivity index (χ0n) is 19.7. The maximum Gasteiger partial charge on any atom is 0.174 e. The monoisotopic (exact) mass is 469 g/mol. The Hall–Kier alpha value is -3.71. The van der Waals surface area contributed by atoms with E-state index in [1.54, 1.807) is 7.11 Å². The van der Waals surface area contributed by atoms with Crippen molar-refractivity contribution in [1.29, 1.82) is 0 Å². The van der Waals surface area contributed by atoms with Crippen LogP contribution in [0.1, 0.15) is 40.3 Å². The zero-order chi connectivity index (χ0) is 23.8. The van der Waals surface area contributed by atoms with Gasteiger partial charge in [0.25, 0.3) is 0 Å². The van der Waals surface area contributed by atoms with Gasteiger partial charge in [0.05, 0.1) is 30.6 Å². The van der Waals surface area contributed by atoms with E-state index in [-0.39, 0.29) is 12.1 Å². The first kappa shape index (κ1) is 22.1. The summed E-state index contributed by atoms with van der Waals surface area (Å²) in [5, 5.41) is 4.18. The summed E-state index contributed by atoms with van der Waals surface area (Å²) in [6, 6.07) is 20.1. The number of benzene rings is 1. The molecule has 34 heavy (non-hydrogen) atoms. The van der Waals surface area contributed by atoms with Gasteiger partial charge in [-0.25, -0.2) is 4.98 Å². The fourth-order valence-electron chi connectivity index (χ4n) is 4.84. The van der Waals surface area contributed by atoms with Crippen molar-refractivity contribution < 1.29 is 4.74 Å². The van der Waals surface area contributed by atoms with Gasteiger partial charge in [-0.1, -0.05) is 18.2 Å². The van der Waals surface area contributed by atoms with Crippen LogP contribution in [-0.2, 0) is 0 Å². The summed E-state index contributed by atoms with van der Waals surface area (Å²) in [6.07, 6.45) is 3.68. The van der Waals surface area contributed by atoms with Crippen molar-refractivity contribution in [1.82, 2.24) is 19.9 Å². The van der Waals surface area contributed by atoms with Gasteiger partial charge in [-0.15, -0.1) is 0 Å². The summed E-state index contributed by atoms with van der Waals surface area (Å²) in [4.78, 5) is 11.5. The van der Waals surface area contributed by atoms with E-state index in [0.29, 0.717) is 5.11 Å². The Morgan fingerprint density at radius 1 is 0.941 bits per heavy atom. The molecule has 1 aromatic carbocycles. The fourth-order valence-corrected chi connectivity index (χ4v) is 5.18. The number of methoxy groups -OCH3 is 1. The van der Waals surface area contributed by atoms with Gasteiger partial charge in [0.1, 0.15) is 11.6 Å². The lowest BCUT2D eigenvalue weighted by molar-refractivity contribution is 0.414. The van der Waals surface area contributed by atoms with E-state index in [0.717, 1.165) is 39.9 Å². The number of nitrogens with zero attached hydrogens (tertiary/aromatic N) is 4. The molecule has 4 heterocycles. The Bertz CT molecular complexity index is 1350. The number of nitrogens with one attached hydrogen (secondary N) is 1. The maximum absolute atomic E-state index is 5.89. The Morgan fingerprint density at radius 2 is 1.74 bits per heavy atom. The number of rotatable bonds is 5. The summed E-state index contributed by atoms with van der Waals surface area (Å²) in [6.45, 7) is 6.34. The summed E-state index contributed by atoms with van der Waals surface area (Å²) in [7, 11) is 1.69. The normalized spacial score (nSPS) is 17.6. The van der Waals surface area contributed by atoms with E-state index < -0.39 is 0 Å². The highest BCUT2D eigenvalue weighted by atomic mass is 32.1. The molecule has 172 valence electrons. The third-order valence-corrected chi connectivity index (χ3v) is 6.68. The second-order valence-corrected chi connectivity index (χ2v) is 8.91. The Labute approximate surface area is 205 Å². The lowest BCUT2D eigenvalue weighted by Crippen LogP contribution is -2.30. The van der Waals surface area contributed by atoms with Gasteiger partial charge in [-0.2, -0.15) is 0 Å². The van der Waals surface area contributed by atoms with E-state index in [9.17, 15) is 0 Å². The molecule has 7 heteroatoms. The highest BCUT2D eigenvalue weighted by Gasteiger charge is 2.43. The topological polar surface area (TPSA) is 55.2 Å². The summed E-state index contributed by atoms with van der Waals surface area (Å²) in [5.74, 6) is 1.68. The molecule has 1 N–H and O–H groups in total. The quantitative estimate of drug-likeness (QED) is 0.396. The first-order chi connectivity index (χ1) is 16.5. The maximum atomic E-state index is 5.89. The lowest BCUT2D eigenvalue weighted by Gasteiger charge is -2.29. The van der Waals surface area contributed by atoms with Crippen LogP contribution in [0.4, 0.5) is 5.69 Å². The average Bonchev–Trinajstić information content (AvgIpc) is 3.34. The van der Waals surface area contributed by atoms with Crippen LogP contribution in [0.3, 0.4) is 0 Å². The van der Waals surface area contributed by atoms with Gasteiger partial charge in [0.2, 0.25) is 0 Å². The minimum Gasteiger partial charge on any atom is -0.495 e. The van der Waals surface area contributed by atoms with Crippen molar-refractivity contribution >= 4 is 23.0 Å². The Kier molecular flexibility index (Phi) is 5.79. The lowest BCUT2D eigenvalue weighted by atomic mass is 9.96. The number of hydrogen-bond acceptors (Lipinski definition) is 4. The molecule has 0 bridgehead atoms. The second-order valence-electron chi connectivity index (χ2n) is 8.52. The van der Waals surface area contributed by atoms with E-state index in [2.05, 4.69) is 57.7 Å². The summed E-state index contributed by atoms with van der Waals surface area (Å²) >= 11 is 5.89. The van der Waals surface area contributed by atoms with Crippen molar-refractivity contribution in [3.05, 3.63) is 101 Å². The standard InChI is InChI=1S/C27H27N5OS/c1-17-12-14-29-24(15-17)31-18(2)16-20(19(31)3)26-25(21-9-7-8-13-28-21)30-27(34)32(26)22-10-5-6-11-23(22)33-4/h5-16,25-26H,1-4H3,(H,30,34). The van der Waals surface area contributed by atoms with Crippen LogP contribution >= 0.6 is 12.2 Å². The number of aromatic nitrogens is 3. The first-order valence-electron chi connectivity index (χ1n) is 11.2. The van der Waals surface area contributed by atoms with Crippen LogP contribution in [0.5, 0.6) is 5.75 Å². The molecule has 1 aliphatic rings. The van der Waals surface area contributed by atoms with E-state index in [1.807, 2.05) is 60.9 Å². The van der Waals surface area contributed by atoms with Crippen molar-refractivity contribution in [2.24, 2.45) is 0 Å². The molecule has 4 aromatic rings.